The first-order valence-electron chi connectivity index (χ1n) is 7.86. The molecule has 1 N–H and O–H groups in total. The first-order valence-corrected chi connectivity index (χ1v) is 8.23. The molecule has 0 spiro atoms. The van der Waals surface area contributed by atoms with E-state index in [0.29, 0.717) is 6.54 Å². The minimum absolute atomic E-state index is 0.205. The molecule has 1 aromatic rings. The molecule has 116 valence electrons. The maximum absolute atomic E-state index is 13.0. The smallest absolute Gasteiger partial charge is 0.230 e. The van der Waals surface area contributed by atoms with Crippen molar-refractivity contribution in [1.29, 1.82) is 0 Å². The van der Waals surface area contributed by atoms with Crippen molar-refractivity contribution < 1.29 is 4.79 Å². The fourth-order valence-corrected chi connectivity index (χ4v) is 3.46. The van der Waals surface area contributed by atoms with Gasteiger partial charge in [0.15, 0.2) is 0 Å². The number of benzene rings is 1. The number of carbonyl (C=O) groups excluding carboxylic acids is 1. The van der Waals surface area contributed by atoms with Crippen LogP contribution in [0.25, 0.3) is 0 Å². The minimum atomic E-state index is -0.205. The van der Waals surface area contributed by atoms with Crippen LogP contribution in [0.2, 0.25) is 5.02 Å². The van der Waals surface area contributed by atoms with Gasteiger partial charge in [-0.2, -0.15) is 0 Å². The molecule has 1 unspecified atom stereocenters. The number of carbonyl (C=O) groups is 1. The Bertz CT molecular complexity index is 483. The molecule has 4 heteroatoms. The van der Waals surface area contributed by atoms with Crippen molar-refractivity contribution in [1.82, 2.24) is 10.2 Å². The summed E-state index contributed by atoms with van der Waals surface area (Å²) >= 11 is 6.04. The van der Waals surface area contributed by atoms with Crippen LogP contribution in [0.5, 0.6) is 0 Å². The van der Waals surface area contributed by atoms with Crippen LogP contribution in [0.15, 0.2) is 24.3 Å². The summed E-state index contributed by atoms with van der Waals surface area (Å²) in [7, 11) is 0. The van der Waals surface area contributed by atoms with Crippen LogP contribution in [-0.2, 0) is 11.3 Å². The number of amides is 1. The Kier molecular flexibility index (Phi) is 5.65. The van der Waals surface area contributed by atoms with Gasteiger partial charge < -0.3 is 10.2 Å². The first kappa shape index (κ1) is 16.3. The molecule has 2 rings (SSSR count). The molecule has 1 heterocycles. The predicted octanol–water partition coefficient (Wildman–Crippen LogP) is 3.47. The zero-order valence-corrected chi connectivity index (χ0v) is 13.7. The highest BCUT2D eigenvalue weighted by Crippen LogP contribution is 2.33. The summed E-state index contributed by atoms with van der Waals surface area (Å²) in [5.74, 6) is 0.289. The quantitative estimate of drug-likeness (QED) is 0.873. The molecule has 1 aromatic carbocycles. The summed E-state index contributed by atoms with van der Waals surface area (Å²) in [4.78, 5) is 15.0. The highest BCUT2D eigenvalue weighted by molar-refractivity contribution is 6.30. The molecule has 1 fully saturated rings. The summed E-state index contributed by atoms with van der Waals surface area (Å²) in [5.41, 5.74) is 0.888. The summed E-state index contributed by atoms with van der Waals surface area (Å²) in [5, 5.41) is 4.09. The van der Waals surface area contributed by atoms with E-state index in [9.17, 15) is 4.79 Å². The van der Waals surface area contributed by atoms with Crippen molar-refractivity contribution in [2.75, 3.05) is 19.6 Å². The van der Waals surface area contributed by atoms with Gasteiger partial charge in [-0.05, 0) is 44.0 Å². The van der Waals surface area contributed by atoms with E-state index in [-0.39, 0.29) is 11.3 Å². The Hall–Kier alpha value is -1.06. The normalized spacial score (nSPS) is 21.5. The second-order valence-electron chi connectivity index (χ2n) is 5.91. The number of halogens is 1. The van der Waals surface area contributed by atoms with Crippen LogP contribution in [0.3, 0.4) is 0 Å². The van der Waals surface area contributed by atoms with E-state index in [4.69, 9.17) is 11.6 Å². The Labute approximate surface area is 132 Å². The standard InChI is InChI=1S/C17H25ClN2O/c1-3-8-17(9-10-19-13-17)16(21)20(4-2)12-14-6-5-7-15(18)11-14/h5-7,11,19H,3-4,8-10,12-13H2,1-2H3. The SMILES string of the molecule is CCCC1(C(=O)N(CC)Cc2cccc(Cl)c2)CCNC1. The molecule has 1 aliphatic rings. The van der Waals surface area contributed by atoms with Crippen LogP contribution < -0.4 is 5.32 Å². The van der Waals surface area contributed by atoms with Crippen LogP contribution in [0, 0.1) is 5.41 Å². The molecule has 0 saturated carbocycles. The molecule has 1 saturated heterocycles. The van der Waals surface area contributed by atoms with Crippen LogP contribution in [-0.4, -0.2) is 30.4 Å². The zero-order valence-electron chi connectivity index (χ0n) is 13.0. The van der Waals surface area contributed by atoms with Gasteiger partial charge in [0.2, 0.25) is 5.91 Å². The average molecular weight is 309 g/mol. The van der Waals surface area contributed by atoms with E-state index in [1.807, 2.05) is 36.1 Å². The van der Waals surface area contributed by atoms with Gasteiger partial charge >= 0.3 is 0 Å². The van der Waals surface area contributed by atoms with Crippen molar-refractivity contribution >= 4 is 17.5 Å². The molecule has 1 amide bonds. The van der Waals surface area contributed by atoms with Crippen molar-refractivity contribution in [3.8, 4) is 0 Å². The van der Waals surface area contributed by atoms with Gasteiger partial charge in [0.1, 0.15) is 0 Å². The molecule has 3 nitrogen and oxygen atoms in total. The molecular weight excluding hydrogens is 284 g/mol. The molecule has 1 aliphatic heterocycles. The van der Waals surface area contributed by atoms with Gasteiger partial charge in [0.25, 0.3) is 0 Å². The highest BCUT2D eigenvalue weighted by atomic mass is 35.5. The number of nitrogens with zero attached hydrogens (tertiary/aromatic N) is 1. The maximum Gasteiger partial charge on any atom is 0.230 e. The van der Waals surface area contributed by atoms with E-state index in [0.717, 1.165) is 49.5 Å². The number of hydrogen-bond acceptors (Lipinski definition) is 2. The van der Waals surface area contributed by atoms with E-state index in [1.54, 1.807) is 0 Å². The van der Waals surface area contributed by atoms with E-state index >= 15 is 0 Å². The predicted molar refractivity (Wildman–Crippen MR) is 87.4 cm³/mol. The first-order chi connectivity index (χ1) is 10.1. The summed E-state index contributed by atoms with van der Waals surface area (Å²) in [6, 6.07) is 7.77. The molecule has 21 heavy (non-hydrogen) atoms. The number of nitrogens with one attached hydrogen (secondary N) is 1. The topological polar surface area (TPSA) is 32.3 Å². The number of rotatable bonds is 6. The molecule has 0 radical (unpaired) electrons. The van der Waals surface area contributed by atoms with Gasteiger partial charge in [0.05, 0.1) is 5.41 Å². The lowest BCUT2D eigenvalue weighted by molar-refractivity contribution is -0.142. The summed E-state index contributed by atoms with van der Waals surface area (Å²) < 4.78 is 0. The summed E-state index contributed by atoms with van der Waals surface area (Å²) in [6.07, 6.45) is 2.96. The van der Waals surface area contributed by atoms with E-state index in [1.165, 1.54) is 0 Å². The Morgan fingerprint density at radius 1 is 1.43 bits per heavy atom. The maximum atomic E-state index is 13.0. The fraction of sp³-hybridized carbons (Fsp3) is 0.588. The van der Waals surface area contributed by atoms with Crippen LogP contribution in [0.4, 0.5) is 0 Å². The zero-order chi connectivity index (χ0) is 15.3. The van der Waals surface area contributed by atoms with Gasteiger partial charge in [-0.15, -0.1) is 0 Å². The third-order valence-corrected chi connectivity index (χ3v) is 4.59. The lowest BCUT2D eigenvalue weighted by atomic mass is 9.81. The average Bonchev–Trinajstić information content (AvgIpc) is 2.94. The molecule has 0 bridgehead atoms. The third kappa shape index (κ3) is 3.78. The highest BCUT2D eigenvalue weighted by Gasteiger charge is 2.42. The Balaban J connectivity index is 2.14. The monoisotopic (exact) mass is 308 g/mol. The van der Waals surface area contributed by atoms with Gasteiger partial charge in [0, 0.05) is 24.7 Å². The van der Waals surface area contributed by atoms with Gasteiger partial charge in [-0.1, -0.05) is 37.1 Å². The van der Waals surface area contributed by atoms with Crippen LogP contribution in [0.1, 0.15) is 38.7 Å². The van der Waals surface area contributed by atoms with Gasteiger partial charge in [-0.3, -0.25) is 4.79 Å². The summed E-state index contributed by atoms with van der Waals surface area (Å²) in [6.45, 7) is 7.33. The third-order valence-electron chi connectivity index (χ3n) is 4.36. The van der Waals surface area contributed by atoms with Crippen molar-refractivity contribution in [2.24, 2.45) is 5.41 Å². The molecule has 1 atom stereocenters. The van der Waals surface area contributed by atoms with E-state index < -0.39 is 0 Å². The molecular formula is C17H25ClN2O. The number of hydrogen-bond donors (Lipinski definition) is 1. The van der Waals surface area contributed by atoms with E-state index in [2.05, 4.69) is 12.2 Å². The Morgan fingerprint density at radius 3 is 2.81 bits per heavy atom. The lowest BCUT2D eigenvalue weighted by Gasteiger charge is -2.33. The van der Waals surface area contributed by atoms with Crippen LogP contribution >= 0.6 is 11.6 Å². The second kappa shape index (κ2) is 7.28. The largest absolute Gasteiger partial charge is 0.338 e. The second-order valence-corrected chi connectivity index (χ2v) is 6.34. The fourth-order valence-electron chi connectivity index (χ4n) is 3.24. The van der Waals surface area contributed by atoms with Crippen molar-refractivity contribution in [2.45, 2.75) is 39.7 Å². The van der Waals surface area contributed by atoms with Crippen molar-refractivity contribution in [3.05, 3.63) is 34.9 Å². The van der Waals surface area contributed by atoms with Gasteiger partial charge in [-0.25, -0.2) is 0 Å². The molecule has 0 aliphatic carbocycles. The lowest BCUT2D eigenvalue weighted by Crippen LogP contribution is -2.45. The minimum Gasteiger partial charge on any atom is -0.338 e. The molecule has 0 aromatic heterocycles. The van der Waals surface area contributed by atoms with Crippen molar-refractivity contribution in [3.63, 3.8) is 0 Å². The Morgan fingerprint density at radius 2 is 2.24 bits per heavy atom.